The number of primary amides is 1. The Hall–Kier alpha value is -3.02. The van der Waals surface area contributed by atoms with Gasteiger partial charge in [0, 0.05) is 16.9 Å². The van der Waals surface area contributed by atoms with Crippen LogP contribution in [-0.2, 0) is 0 Å². The van der Waals surface area contributed by atoms with E-state index in [1.165, 1.54) is 0 Å². The molecule has 0 aliphatic heterocycles. The van der Waals surface area contributed by atoms with Gasteiger partial charge in [0.1, 0.15) is 5.75 Å². The van der Waals surface area contributed by atoms with Crippen LogP contribution < -0.4 is 21.1 Å². The molecule has 0 aliphatic rings. The minimum atomic E-state index is -0.509. The number of nitrogens with two attached hydrogens (primary N) is 1. The summed E-state index contributed by atoms with van der Waals surface area (Å²) < 4.78 is 5.12. The third kappa shape index (κ3) is 3.76. The Balaban J connectivity index is 2.02. The highest BCUT2D eigenvalue weighted by molar-refractivity contribution is 6.00. The maximum atomic E-state index is 12.0. The lowest BCUT2D eigenvalue weighted by Crippen LogP contribution is -2.20. The second-order valence-electron chi connectivity index (χ2n) is 4.70. The van der Waals surface area contributed by atoms with Gasteiger partial charge in [-0.1, -0.05) is 0 Å². The number of carbonyl (C=O) groups is 2. The second kappa shape index (κ2) is 6.62. The quantitative estimate of drug-likeness (QED) is 0.810. The number of amides is 3. The van der Waals surface area contributed by atoms with Crippen LogP contribution in [0.25, 0.3) is 0 Å². The maximum absolute atomic E-state index is 12.0. The van der Waals surface area contributed by atoms with Crippen LogP contribution in [0.1, 0.15) is 15.9 Å². The number of methoxy groups -OCH3 is 1. The van der Waals surface area contributed by atoms with E-state index in [-0.39, 0.29) is 6.03 Å². The average Bonchev–Trinajstić information content (AvgIpc) is 2.49. The van der Waals surface area contributed by atoms with E-state index in [2.05, 4.69) is 10.6 Å². The summed E-state index contributed by atoms with van der Waals surface area (Å²) in [5, 5.41) is 5.43. The Morgan fingerprint density at radius 3 is 2.27 bits per heavy atom. The van der Waals surface area contributed by atoms with Gasteiger partial charge in [-0.2, -0.15) is 0 Å². The molecule has 0 aromatic heterocycles. The van der Waals surface area contributed by atoms with Crippen molar-refractivity contribution >= 4 is 23.3 Å². The fourth-order valence-electron chi connectivity index (χ4n) is 1.91. The van der Waals surface area contributed by atoms with Gasteiger partial charge >= 0.3 is 6.03 Å². The van der Waals surface area contributed by atoms with E-state index >= 15 is 0 Å². The Morgan fingerprint density at radius 1 is 1.05 bits per heavy atom. The van der Waals surface area contributed by atoms with Crippen molar-refractivity contribution < 1.29 is 14.3 Å². The molecule has 0 spiro atoms. The monoisotopic (exact) mass is 299 g/mol. The Kier molecular flexibility index (Phi) is 4.63. The summed E-state index contributed by atoms with van der Waals surface area (Å²) in [5.74, 6) is 0.218. The van der Waals surface area contributed by atoms with Crippen LogP contribution >= 0.6 is 0 Å². The molecule has 4 N–H and O–H groups in total. The fourth-order valence-corrected chi connectivity index (χ4v) is 1.91. The van der Waals surface area contributed by atoms with Crippen molar-refractivity contribution in [1.82, 2.24) is 0 Å². The molecular weight excluding hydrogens is 282 g/mol. The molecule has 6 nitrogen and oxygen atoms in total. The molecule has 0 radical (unpaired) electrons. The molecule has 3 amide bonds. The molecule has 0 atom stereocenters. The van der Waals surface area contributed by atoms with Gasteiger partial charge in [0.05, 0.1) is 7.11 Å². The normalized spacial score (nSPS) is 9.91. The smallest absolute Gasteiger partial charge is 0.323 e. The Morgan fingerprint density at radius 2 is 1.73 bits per heavy atom. The number of benzene rings is 2. The number of urea groups is 1. The highest BCUT2D eigenvalue weighted by Crippen LogP contribution is 2.21. The first-order valence-corrected chi connectivity index (χ1v) is 6.62. The first-order valence-electron chi connectivity index (χ1n) is 6.62. The van der Waals surface area contributed by atoms with Crippen LogP contribution in [0.3, 0.4) is 0 Å². The van der Waals surface area contributed by atoms with Crippen LogP contribution in [0.4, 0.5) is 16.2 Å². The topological polar surface area (TPSA) is 93.4 Å². The van der Waals surface area contributed by atoms with Crippen molar-refractivity contribution in [3.05, 3.63) is 53.6 Å². The van der Waals surface area contributed by atoms with Crippen molar-refractivity contribution in [1.29, 1.82) is 0 Å². The lowest BCUT2D eigenvalue weighted by Gasteiger charge is -2.11. The molecule has 0 bridgehead atoms. The number of hydrogen-bond donors (Lipinski definition) is 3. The van der Waals surface area contributed by atoms with Gasteiger partial charge in [0.25, 0.3) is 0 Å². The van der Waals surface area contributed by atoms with Gasteiger partial charge in [-0.05, 0) is 55.0 Å². The largest absolute Gasteiger partial charge is 0.497 e. The van der Waals surface area contributed by atoms with E-state index in [0.717, 1.165) is 11.3 Å². The summed E-state index contributed by atoms with van der Waals surface area (Å²) in [6.07, 6.45) is 0. The van der Waals surface area contributed by atoms with Crippen molar-refractivity contribution in [2.45, 2.75) is 6.92 Å². The third-order valence-electron chi connectivity index (χ3n) is 3.11. The zero-order valence-corrected chi connectivity index (χ0v) is 12.3. The number of nitrogens with one attached hydrogen (secondary N) is 2. The van der Waals surface area contributed by atoms with E-state index in [0.29, 0.717) is 16.9 Å². The van der Waals surface area contributed by atoms with E-state index < -0.39 is 5.91 Å². The first kappa shape index (κ1) is 15.4. The summed E-state index contributed by atoms with van der Waals surface area (Å²) in [6, 6.07) is 11.3. The summed E-state index contributed by atoms with van der Waals surface area (Å²) in [5.41, 5.74) is 7.68. The molecule has 0 saturated carbocycles. The van der Waals surface area contributed by atoms with E-state index in [1.807, 2.05) is 13.0 Å². The number of carbonyl (C=O) groups excluding carboxylic acids is 2. The van der Waals surface area contributed by atoms with Crippen molar-refractivity contribution in [3.8, 4) is 5.75 Å². The standard InChI is InChI=1S/C16H17N3O3/c1-10-9-13(22-2)7-8-14(10)19-16(21)18-12-5-3-11(4-6-12)15(17)20/h3-9H,1-2H3,(H2,17,20)(H2,18,19,21). The van der Waals surface area contributed by atoms with Crippen LogP contribution in [0.2, 0.25) is 0 Å². The molecule has 0 unspecified atom stereocenters. The van der Waals surface area contributed by atoms with Crippen LogP contribution in [0, 0.1) is 6.92 Å². The van der Waals surface area contributed by atoms with Crippen LogP contribution in [-0.4, -0.2) is 19.0 Å². The van der Waals surface area contributed by atoms with Gasteiger partial charge in [-0.3, -0.25) is 4.79 Å². The summed E-state index contributed by atoms with van der Waals surface area (Å²) in [6.45, 7) is 1.87. The second-order valence-corrected chi connectivity index (χ2v) is 4.70. The number of hydrogen-bond acceptors (Lipinski definition) is 3. The molecule has 0 aliphatic carbocycles. The number of rotatable bonds is 4. The number of aryl methyl sites for hydroxylation is 1. The predicted octanol–water partition coefficient (Wildman–Crippen LogP) is 2.75. The first-order chi connectivity index (χ1) is 10.5. The molecule has 0 saturated heterocycles. The van der Waals surface area contributed by atoms with E-state index in [9.17, 15) is 9.59 Å². The molecule has 0 fully saturated rings. The van der Waals surface area contributed by atoms with Crippen molar-refractivity contribution in [2.75, 3.05) is 17.7 Å². The predicted molar refractivity (Wildman–Crippen MR) is 85.3 cm³/mol. The summed E-state index contributed by atoms with van der Waals surface area (Å²) in [7, 11) is 1.59. The van der Waals surface area contributed by atoms with E-state index in [4.69, 9.17) is 10.5 Å². The molecule has 22 heavy (non-hydrogen) atoms. The zero-order chi connectivity index (χ0) is 16.1. The molecule has 2 aromatic carbocycles. The minimum Gasteiger partial charge on any atom is -0.497 e. The maximum Gasteiger partial charge on any atom is 0.323 e. The van der Waals surface area contributed by atoms with Crippen LogP contribution in [0.5, 0.6) is 5.75 Å². The SMILES string of the molecule is COc1ccc(NC(=O)Nc2ccc(C(N)=O)cc2)c(C)c1. The van der Waals surface area contributed by atoms with Gasteiger partial charge in [-0.25, -0.2) is 4.79 Å². The highest BCUT2D eigenvalue weighted by Gasteiger charge is 2.06. The number of anilines is 2. The summed E-state index contributed by atoms with van der Waals surface area (Å²) >= 11 is 0. The molecular formula is C16H17N3O3. The third-order valence-corrected chi connectivity index (χ3v) is 3.11. The van der Waals surface area contributed by atoms with E-state index in [1.54, 1.807) is 43.5 Å². The molecule has 2 aromatic rings. The fraction of sp³-hybridized carbons (Fsp3) is 0.125. The lowest BCUT2D eigenvalue weighted by molar-refractivity contribution is 0.100. The van der Waals surface area contributed by atoms with Gasteiger partial charge in [0.15, 0.2) is 0 Å². The van der Waals surface area contributed by atoms with Crippen molar-refractivity contribution in [2.24, 2.45) is 5.73 Å². The Labute approximate surface area is 128 Å². The molecule has 114 valence electrons. The van der Waals surface area contributed by atoms with Gasteiger partial charge in [-0.15, -0.1) is 0 Å². The minimum absolute atomic E-state index is 0.375. The average molecular weight is 299 g/mol. The molecule has 6 heteroatoms. The van der Waals surface area contributed by atoms with Crippen LogP contribution in [0.15, 0.2) is 42.5 Å². The van der Waals surface area contributed by atoms with Gasteiger partial charge in [0.2, 0.25) is 5.91 Å². The van der Waals surface area contributed by atoms with Crippen molar-refractivity contribution in [3.63, 3.8) is 0 Å². The lowest BCUT2D eigenvalue weighted by atomic mass is 10.2. The Bertz CT molecular complexity index is 696. The summed E-state index contributed by atoms with van der Waals surface area (Å²) in [4.78, 5) is 22.9. The van der Waals surface area contributed by atoms with Gasteiger partial charge < -0.3 is 21.1 Å². The zero-order valence-electron chi connectivity index (χ0n) is 12.3. The molecule has 2 rings (SSSR count). The molecule has 0 heterocycles. The number of ether oxygens (including phenoxy) is 1. The highest BCUT2D eigenvalue weighted by atomic mass is 16.5.